The summed E-state index contributed by atoms with van der Waals surface area (Å²) in [5.41, 5.74) is -0.855. The predicted molar refractivity (Wildman–Crippen MR) is 84.3 cm³/mol. The number of carbonyl (C=O) groups excluding carboxylic acids is 2. The van der Waals surface area contributed by atoms with Gasteiger partial charge in [0, 0.05) is 19.7 Å². The van der Waals surface area contributed by atoms with Crippen LogP contribution in [0.3, 0.4) is 0 Å². The third-order valence-corrected chi connectivity index (χ3v) is 4.78. The van der Waals surface area contributed by atoms with E-state index in [1.165, 1.54) is 0 Å². The standard InChI is InChI=1S/C15H18F2N2O3S/c1-22-15(4-6-23-7-5-15)9-18-13(20)14(21)19-12-8-10(16)2-3-11(12)17/h2-3,8H,4-7,9H2,1H3,(H,18,20)(H,19,21). The van der Waals surface area contributed by atoms with Gasteiger partial charge in [0.2, 0.25) is 0 Å². The number of rotatable bonds is 4. The fourth-order valence-electron chi connectivity index (χ4n) is 2.29. The zero-order valence-electron chi connectivity index (χ0n) is 12.7. The molecule has 0 atom stereocenters. The fourth-order valence-corrected chi connectivity index (χ4v) is 3.53. The number of halogens is 2. The van der Waals surface area contributed by atoms with Crippen LogP contribution in [0.5, 0.6) is 0 Å². The van der Waals surface area contributed by atoms with Gasteiger partial charge in [0.1, 0.15) is 11.6 Å². The summed E-state index contributed by atoms with van der Waals surface area (Å²) < 4.78 is 32.0. The molecule has 23 heavy (non-hydrogen) atoms. The molecular formula is C15H18F2N2O3S. The molecule has 0 radical (unpaired) electrons. The van der Waals surface area contributed by atoms with Crippen LogP contribution in [0.2, 0.25) is 0 Å². The highest BCUT2D eigenvalue weighted by atomic mass is 32.2. The summed E-state index contributed by atoms with van der Waals surface area (Å²) in [6, 6.07) is 2.62. The molecule has 0 bridgehead atoms. The minimum atomic E-state index is -1.05. The first-order chi connectivity index (χ1) is 11.0. The van der Waals surface area contributed by atoms with Crippen molar-refractivity contribution >= 4 is 29.3 Å². The number of nitrogens with one attached hydrogen (secondary N) is 2. The van der Waals surface area contributed by atoms with Crippen LogP contribution in [-0.2, 0) is 14.3 Å². The molecule has 2 rings (SSSR count). The van der Waals surface area contributed by atoms with Crippen molar-refractivity contribution in [3.05, 3.63) is 29.8 Å². The lowest BCUT2D eigenvalue weighted by atomic mass is 9.96. The number of amides is 2. The largest absolute Gasteiger partial charge is 0.376 e. The van der Waals surface area contributed by atoms with Crippen LogP contribution in [0.1, 0.15) is 12.8 Å². The molecule has 0 saturated carbocycles. The number of thioether (sulfide) groups is 1. The monoisotopic (exact) mass is 344 g/mol. The maximum Gasteiger partial charge on any atom is 0.313 e. The lowest BCUT2D eigenvalue weighted by Crippen LogP contribution is -2.49. The van der Waals surface area contributed by atoms with Gasteiger partial charge in [0.05, 0.1) is 11.3 Å². The average molecular weight is 344 g/mol. The quantitative estimate of drug-likeness (QED) is 0.819. The summed E-state index contributed by atoms with van der Waals surface area (Å²) in [5.74, 6) is -1.64. The third kappa shape index (κ3) is 4.65. The molecule has 8 heteroatoms. The van der Waals surface area contributed by atoms with E-state index in [1.807, 2.05) is 11.8 Å². The lowest BCUT2D eigenvalue weighted by molar-refractivity contribution is -0.137. The second-order valence-electron chi connectivity index (χ2n) is 5.26. The van der Waals surface area contributed by atoms with Gasteiger partial charge in [-0.05, 0) is 36.5 Å². The van der Waals surface area contributed by atoms with E-state index in [9.17, 15) is 18.4 Å². The number of hydrogen-bond acceptors (Lipinski definition) is 4. The average Bonchev–Trinajstić information content (AvgIpc) is 2.56. The van der Waals surface area contributed by atoms with Gasteiger partial charge in [-0.2, -0.15) is 11.8 Å². The van der Waals surface area contributed by atoms with Crippen LogP contribution >= 0.6 is 11.8 Å². The van der Waals surface area contributed by atoms with Crippen molar-refractivity contribution in [3.63, 3.8) is 0 Å². The van der Waals surface area contributed by atoms with Crippen LogP contribution in [0.4, 0.5) is 14.5 Å². The smallest absolute Gasteiger partial charge is 0.313 e. The minimum absolute atomic E-state index is 0.196. The number of benzene rings is 1. The molecule has 1 aliphatic heterocycles. The molecule has 1 saturated heterocycles. The van der Waals surface area contributed by atoms with Gasteiger partial charge < -0.3 is 15.4 Å². The molecule has 2 N–H and O–H groups in total. The molecular weight excluding hydrogens is 326 g/mol. The van der Waals surface area contributed by atoms with Crippen LogP contribution < -0.4 is 10.6 Å². The number of carbonyl (C=O) groups is 2. The SMILES string of the molecule is COC1(CNC(=O)C(=O)Nc2cc(F)ccc2F)CCSCC1. The minimum Gasteiger partial charge on any atom is -0.376 e. The third-order valence-electron chi connectivity index (χ3n) is 3.79. The normalized spacial score (nSPS) is 16.7. The van der Waals surface area contributed by atoms with Crippen LogP contribution in [0.15, 0.2) is 18.2 Å². The van der Waals surface area contributed by atoms with Crippen LogP contribution in [0, 0.1) is 11.6 Å². The molecule has 1 aromatic carbocycles. The number of anilines is 1. The Morgan fingerprint density at radius 1 is 1.26 bits per heavy atom. The maximum absolute atomic E-state index is 13.5. The first kappa shape index (κ1) is 17.7. The van der Waals surface area contributed by atoms with E-state index in [-0.39, 0.29) is 12.2 Å². The molecule has 0 spiro atoms. The summed E-state index contributed by atoms with van der Waals surface area (Å²) in [7, 11) is 1.57. The Labute approximate surface area is 137 Å². The zero-order valence-corrected chi connectivity index (χ0v) is 13.5. The Hall–Kier alpha value is -1.67. The first-order valence-corrected chi connectivity index (χ1v) is 8.28. The number of hydrogen-bond donors (Lipinski definition) is 2. The molecule has 0 aliphatic carbocycles. The van der Waals surface area contributed by atoms with Gasteiger partial charge in [0.15, 0.2) is 0 Å². The molecule has 1 heterocycles. The number of methoxy groups -OCH3 is 1. The Morgan fingerprint density at radius 2 is 1.96 bits per heavy atom. The molecule has 5 nitrogen and oxygen atoms in total. The van der Waals surface area contributed by atoms with E-state index >= 15 is 0 Å². The van der Waals surface area contributed by atoms with Crippen molar-refractivity contribution in [1.82, 2.24) is 5.32 Å². The second kappa shape index (κ2) is 7.74. The molecule has 1 fully saturated rings. The first-order valence-electron chi connectivity index (χ1n) is 7.13. The van der Waals surface area contributed by atoms with Gasteiger partial charge in [-0.3, -0.25) is 9.59 Å². The Balaban J connectivity index is 1.92. The van der Waals surface area contributed by atoms with Crippen molar-refractivity contribution in [2.75, 3.05) is 30.5 Å². The van der Waals surface area contributed by atoms with E-state index in [0.29, 0.717) is 0 Å². The highest BCUT2D eigenvalue weighted by Crippen LogP contribution is 2.29. The lowest BCUT2D eigenvalue weighted by Gasteiger charge is -2.35. The van der Waals surface area contributed by atoms with Crippen LogP contribution in [0.25, 0.3) is 0 Å². The van der Waals surface area contributed by atoms with Gasteiger partial charge in [-0.1, -0.05) is 0 Å². The van der Waals surface area contributed by atoms with E-state index in [2.05, 4.69) is 10.6 Å². The van der Waals surface area contributed by atoms with Gasteiger partial charge in [-0.15, -0.1) is 0 Å². The summed E-state index contributed by atoms with van der Waals surface area (Å²) >= 11 is 1.81. The van der Waals surface area contributed by atoms with E-state index in [4.69, 9.17) is 4.74 Å². The van der Waals surface area contributed by atoms with E-state index in [1.54, 1.807) is 7.11 Å². The number of ether oxygens (including phenoxy) is 1. The summed E-state index contributed by atoms with van der Waals surface area (Å²) in [4.78, 5) is 23.6. The Kier molecular flexibility index (Phi) is 5.95. The van der Waals surface area contributed by atoms with Crippen molar-refractivity contribution in [2.45, 2.75) is 18.4 Å². The molecule has 1 aliphatic rings. The summed E-state index contributed by atoms with van der Waals surface area (Å²) in [6.45, 7) is 0.196. The van der Waals surface area contributed by atoms with Crippen molar-refractivity contribution in [2.24, 2.45) is 0 Å². The van der Waals surface area contributed by atoms with E-state index < -0.39 is 29.0 Å². The van der Waals surface area contributed by atoms with Gasteiger partial charge in [0.25, 0.3) is 0 Å². The van der Waals surface area contributed by atoms with Crippen molar-refractivity contribution in [3.8, 4) is 0 Å². The molecule has 2 amide bonds. The molecule has 1 aromatic rings. The zero-order chi connectivity index (χ0) is 16.9. The summed E-state index contributed by atoms with van der Waals surface area (Å²) in [6.07, 6.45) is 1.54. The van der Waals surface area contributed by atoms with E-state index in [0.717, 1.165) is 42.5 Å². The second-order valence-corrected chi connectivity index (χ2v) is 6.49. The topological polar surface area (TPSA) is 67.4 Å². The highest BCUT2D eigenvalue weighted by Gasteiger charge is 2.33. The molecule has 126 valence electrons. The van der Waals surface area contributed by atoms with Crippen molar-refractivity contribution in [1.29, 1.82) is 0 Å². The Morgan fingerprint density at radius 3 is 2.61 bits per heavy atom. The Bertz CT molecular complexity index is 592. The van der Waals surface area contributed by atoms with Crippen molar-refractivity contribution < 1.29 is 23.1 Å². The molecule has 0 unspecified atom stereocenters. The fraction of sp³-hybridized carbons (Fsp3) is 0.467. The predicted octanol–water partition coefficient (Wildman–Crippen LogP) is 1.93. The highest BCUT2D eigenvalue weighted by molar-refractivity contribution is 7.99. The summed E-state index contributed by atoms with van der Waals surface area (Å²) in [5, 5.41) is 4.55. The van der Waals surface area contributed by atoms with Gasteiger partial charge in [-0.25, -0.2) is 8.78 Å². The maximum atomic E-state index is 13.5. The molecule has 0 aromatic heterocycles. The van der Waals surface area contributed by atoms with Gasteiger partial charge >= 0.3 is 11.8 Å². The van der Waals surface area contributed by atoms with Crippen LogP contribution in [-0.4, -0.2) is 42.6 Å².